The summed E-state index contributed by atoms with van der Waals surface area (Å²) < 4.78 is 5.14. The number of nitrogens with zero attached hydrogens (tertiary/aromatic N) is 4. The van der Waals surface area contributed by atoms with E-state index < -0.39 is 0 Å². The van der Waals surface area contributed by atoms with E-state index in [0.717, 1.165) is 44.4 Å². The van der Waals surface area contributed by atoms with Crippen LogP contribution in [0.25, 0.3) is 0 Å². The summed E-state index contributed by atoms with van der Waals surface area (Å²) in [6.07, 6.45) is 3.83. The minimum Gasteiger partial charge on any atom is -0.466 e. The van der Waals surface area contributed by atoms with Gasteiger partial charge >= 0.3 is 5.97 Å². The van der Waals surface area contributed by atoms with E-state index in [2.05, 4.69) is 43.6 Å². The number of anilines is 1. The van der Waals surface area contributed by atoms with Crippen LogP contribution in [0.4, 0.5) is 5.82 Å². The molecule has 0 N–H and O–H groups in total. The zero-order valence-corrected chi connectivity index (χ0v) is 18.2. The molecule has 1 aliphatic carbocycles. The average molecular weight is 389 g/mol. The summed E-state index contributed by atoms with van der Waals surface area (Å²) >= 11 is 0. The van der Waals surface area contributed by atoms with E-state index in [-0.39, 0.29) is 11.4 Å². The molecule has 2 heterocycles. The number of piperazine rings is 1. The van der Waals surface area contributed by atoms with Crippen molar-refractivity contribution in [2.75, 3.05) is 44.2 Å². The molecule has 0 aromatic carbocycles. The Bertz CT molecular complexity index is 674. The van der Waals surface area contributed by atoms with E-state index in [1.165, 1.54) is 31.9 Å². The Kier molecular flexibility index (Phi) is 6.58. The number of carbonyl (C=O) groups excluding carboxylic acids is 1. The Morgan fingerprint density at radius 2 is 1.89 bits per heavy atom. The number of rotatable bonds is 6. The van der Waals surface area contributed by atoms with Gasteiger partial charge in [0.15, 0.2) is 0 Å². The smallest absolute Gasteiger partial charge is 0.302 e. The van der Waals surface area contributed by atoms with Gasteiger partial charge in [0.1, 0.15) is 11.6 Å². The fourth-order valence-corrected chi connectivity index (χ4v) is 3.78. The molecule has 0 spiro atoms. The second-order valence-electron chi connectivity index (χ2n) is 9.55. The second-order valence-corrected chi connectivity index (χ2v) is 9.55. The lowest BCUT2D eigenvalue weighted by atomic mass is 9.82. The predicted molar refractivity (Wildman–Crippen MR) is 112 cm³/mol. The van der Waals surface area contributed by atoms with Crippen LogP contribution in [0, 0.1) is 5.92 Å². The Balaban J connectivity index is 1.62. The molecule has 1 aromatic heterocycles. The molecule has 0 radical (unpaired) electrons. The molecule has 2 fully saturated rings. The second kappa shape index (κ2) is 8.76. The van der Waals surface area contributed by atoms with Crippen molar-refractivity contribution in [2.24, 2.45) is 5.92 Å². The number of carbonyl (C=O) groups is 1. The summed E-state index contributed by atoms with van der Waals surface area (Å²) in [4.78, 5) is 25.7. The highest BCUT2D eigenvalue weighted by atomic mass is 16.5. The number of hydrogen-bond donors (Lipinski definition) is 0. The quantitative estimate of drug-likeness (QED) is 0.697. The molecule has 1 aliphatic heterocycles. The summed E-state index contributed by atoms with van der Waals surface area (Å²) in [5.41, 5.74) is 1.20. The van der Waals surface area contributed by atoms with Gasteiger partial charge in [-0.05, 0) is 12.8 Å². The van der Waals surface area contributed by atoms with Crippen LogP contribution in [0.2, 0.25) is 0 Å². The lowest BCUT2D eigenvalue weighted by molar-refractivity contribution is -0.142. The van der Waals surface area contributed by atoms with Crippen molar-refractivity contribution in [1.29, 1.82) is 0 Å². The highest BCUT2D eigenvalue weighted by molar-refractivity contribution is 5.65. The van der Waals surface area contributed by atoms with Crippen molar-refractivity contribution in [3.8, 4) is 0 Å². The summed E-state index contributed by atoms with van der Waals surface area (Å²) in [7, 11) is 0. The monoisotopic (exact) mass is 388 g/mol. The van der Waals surface area contributed by atoms with Crippen molar-refractivity contribution < 1.29 is 9.53 Å². The molecule has 1 atom stereocenters. The van der Waals surface area contributed by atoms with E-state index in [4.69, 9.17) is 14.7 Å². The fourth-order valence-electron chi connectivity index (χ4n) is 3.78. The Morgan fingerprint density at radius 3 is 2.43 bits per heavy atom. The van der Waals surface area contributed by atoms with Crippen LogP contribution in [0.5, 0.6) is 0 Å². The summed E-state index contributed by atoms with van der Waals surface area (Å²) in [6.45, 7) is 15.6. The predicted octanol–water partition coefficient (Wildman–Crippen LogP) is 3.36. The van der Waals surface area contributed by atoms with E-state index >= 15 is 0 Å². The average Bonchev–Trinajstić information content (AvgIpc) is 2.58. The van der Waals surface area contributed by atoms with E-state index in [0.29, 0.717) is 18.4 Å². The first kappa shape index (κ1) is 21.0. The minimum absolute atomic E-state index is 0.0392. The van der Waals surface area contributed by atoms with Crippen LogP contribution in [-0.2, 0) is 14.9 Å². The molecule has 1 aromatic rings. The van der Waals surface area contributed by atoms with Crippen LogP contribution in [0.3, 0.4) is 0 Å². The third kappa shape index (κ3) is 5.43. The maximum Gasteiger partial charge on any atom is 0.302 e. The van der Waals surface area contributed by atoms with Crippen LogP contribution in [0.15, 0.2) is 6.07 Å². The van der Waals surface area contributed by atoms with Gasteiger partial charge in [0.05, 0.1) is 6.61 Å². The third-order valence-electron chi connectivity index (χ3n) is 5.76. The van der Waals surface area contributed by atoms with E-state index in [9.17, 15) is 4.79 Å². The molecule has 0 bridgehead atoms. The summed E-state index contributed by atoms with van der Waals surface area (Å²) in [5.74, 6) is 2.83. The van der Waals surface area contributed by atoms with Gasteiger partial charge in [-0.2, -0.15) is 0 Å². The maximum atomic E-state index is 11.0. The van der Waals surface area contributed by atoms with Crippen molar-refractivity contribution in [2.45, 2.75) is 65.2 Å². The van der Waals surface area contributed by atoms with Crippen molar-refractivity contribution in [1.82, 2.24) is 14.9 Å². The Hall–Kier alpha value is -1.69. The van der Waals surface area contributed by atoms with E-state index in [1.807, 2.05) is 0 Å². The molecular formula is C22H36N4O2. The molecule has 1 saturated heterocycles. The van der Waals surface area contributed by atoms with Gasteiger partial charge in [0, 0.05) is 68.7 Å². The van der Waals surface area contributed by atoms with Crippen LogP contribution >= 0.6 is 0 Å². The molecule has 1 saturated carbocycles. The highest BCUT2D eigenvalue weighted by Gasteiger charge is 2.27. The van der Waals surface area contributed by atoms with Crippen LogP contribution in [-0.4, -0.2) is 60.2 Å². The third-order valence-corrected chi connectivity index (χ3v) is 5.76. The Morgan fingerprint density at radius 1 is 1.21 bits per heavy atom. The Labute approximate surface area is 169 Å². The van der Waals surface area contributed by atoms with Crippen LogP contribution in [0.1, 0.15) is 71.3 Å². The number of esters is 1. The minimum atomic E-state index is -0.197. The normalized spacial score (nSPS) is 20.0. The standard InChI is InChI=1S/C22H36N4O2/c1-16(15-28-17(2)27)14-25-9-11-26(12-10-25)20-13-19(18-7-6-8-18)23-21(24-20)22(3,4)5/h13,16,18H,6-12,14-15H2,1-5H3/t16-/m1/s1. The zero-order valence-electron chi connectivity index (χ0n) is 18.2. The first-order valence-corrected chi connectivity index (χ1v) is 10.7. The number of hydrogen-bond acceptors (Lipinski definition) is 6. The van der Waals surface area contributed by atoms with Gasteiger partial charge in [0.25, 0.3) is 0 Å². The molecule has 28 heavy (non-hydrogen) atoms. The molecule has 2 aliphatic rings. The van der Waals surface area contributed by atoms with Gasteiger partial charge in [-0.3, -0.25) is 9.69 Å². The molecule has 156 valence electrons. The fraction of sp³-hybridized carbons (Fsp3) is 0.773. The molecule has 0 unspecified atom stereocenters. The molecule has 6 nitrogen and oxygen atoms in total. The maximum absolute atomic E-state index is 11.0. The summed E-state index contributed by atoms with van der Waals surface area (Å²) in [5, 5.41) is 0. The lowest BCUT2D eigenvalue weighted by Crippen LogP contribution is -2.48. The largest absolute Gasteiger partial charge is 0.466 e. The molecule has 0 amide bonds. The van der Waals surface area contributed by atoms with Gasteiger partial charge in [-0.25, -0.2) is 9.97 Å². The van der Waals surface area contributed by atoms with E-state index in [1.54, 1.807) is 0 Å². The van der Waals surface area contributed by atoms with Gasteiger partial charge in [0.2, 0.25) is 0 Å². The van der Waals surface area contributed by atoms with Crippen molar-refractivity contribution >= 4 is 11.8 Å². The number of ether oxygens (including phenoxy) is 1. The van der Waals surface area contributed by atoms with Gasteiger partial charge in [-0.1, -0.05) is 34.1 Å². The van der Waals surface area contributed by atoms with Gasteiger partial charge in [-0.15, -0.1) is 0 Å². The zero-order chi connectivity index (χ0) is 20.3. The SMILES string of the molecule is CC(=O)OC[C@H](C)CN1CCN(c2cc(C3CCC3)nc(C(C)(C)C)n2)CC1. The highest BCUT2D eigenvalue weighted by Crippen LogP contribution is 2.37. The molecule has 6 heteroatoms. The van der Waals surface area contributed by atoms with Crippen molar-refractivity contribution in [3.63, 3.8) is 0 Å². The topological polar surface area (TPSA) is 58.6 Å². The first-order valence-electron chi connectivity index (χ1n) is 10.7. The number of aromatic nitrogens is 2. The first-order chi connectivity index (χ1) is 13.2. The summed E-state index contributed by atoms with van der Waals surface area (Å²) in [6, 6.07) is 2.23. The molecule has 3 rings (SSSR count). The van der Waals surface area contributed by atoms with Crippen LogP contribution < -0.4 is 4.90 Å². The lowest BCUT2D eigenvalue weighted by Gasteiger charge is -2.37. The van der Waals surface area contributed by atoms with Crippen molar-refractivity contribution in [3.05, 3.63) is 17.6 Å². The van der Waals surface area contributed by atoms with Gasteiger partial charge < -0.3 is 9.64 Å². The molecular weight excluding hydrogens is 352 g/mol.